The number of ether oxygens (including phenoxy) is 1. The predicted octanol–water partition coefficient (Wildman–Crippen LogP) is 1.11. The summed E-state index contributed by atoms with van der Waals surface area (Å²) < 4.78 is 5.23. The maximum absolute atomic E-state index is 5.29. The Bertz CT molecular complexity index is 351. The van der Waals surface area contributed by atoms with Crippen molar-refractivity contribution in [1.29, 1.82) is 0 Å². The first-order chi connectivity index (χ1) is 8.80. The van der Waals surface area contributed by atoms with E-state index >= 15 is 0 Å². The van der Waals surface area contributed by atoms with Crippen molar-refractivity contribution in [2.24, 2.45) is 5.84 Å². The summed E-state index contributed by atoms with van der Waals surface area (Å²) in [5, 5.41) is 3.13. The normalized spacial score (nSPS) is 10.2. The van der Waals surface area contributed by atoms with Crippen molar-refractivity contribution < 1.29 is 4.74 Å². The van der Waals surface area contributed by atoms with E-state index < -0.39 is 0 Å². The number of hydrogen-bond donors (Lipinski definition) is 3. The van der Waals surface area contributed by atoms with Crippen LogP contribution in [0, 0.1) is 0 Å². The molecule has 102 valence electrons. The largest absolute Gasteiger partial charge is 0.464 e. The first kappa shape index (κ1) is 14.8. The number of aromatic nitrogens is 3. The molecule has 0 fully saturated rings. The number of nitrogen functional groups attached to an aromatic ring is 1. The quantitative estimate of drug-likeness (QED) is 0.349. The van der Waals surface area contributed by atoms with E-state index in [0.29, 0.717) is 18.5 Å². The van der Waals surface area contributed by atoms with Crippen molar-refractivity contribution in [1.82, 2.24) is 15.0 Å². The third-order valence-corrected chi connectivity index (χ3v) is 2.77. The molecule has 0 bridgehead atoms. The fraction of sp³-hybridized carbons (Fsp3) is 0.700. The molecule has 1 heterocycles. The molecule has 0 amide bonds. The summed E-state index contributed by atoms with van der Waals surface area (Å²) in [5.41, 5.74) is 2.39. The Balaban J connectivity index is 2.50. The summed E-state index contributed by atoms with van der Waals surface area (Å²) in [6, 6.07) is 0.270. The fourth-order valence-corrected chi connectivity index (χ4v) is 1.76. The van der Waals surface area contributed by atoms with Crippen LogP contribution >= 0.6 is 11.8 Å². The van der Waals surface area contributed by atoms with Gasteiger partial charge in [0.15, 0.2) is 0 Å². The number of nitrogens with two attached hydrogens (primary N) is 1. The molecule has 0 aromatic carbocycles. The third kappa shape index (κ3) is 5.37. The molecular weight excluding hydrogens is 252 g/mol. The Morgan fingerprint density at radius 1 is 1.22 bits per heavy atom. The standard InChI is InChI=1S/C10H20N6OS/c1-3-17-10-14-8(13-9(15-10)16-11)12-6-4-5-7-18-2/h3-7,11H2,1-2H3,(H2,12,13,14,15,16). The number of hydrogen-bond acceptors (Lipinski definition) is 8. The van der Waals surface area contributed by atoms with E-state index in [9.17, 15) is 0 Å². The van der Waals surface area contributed by atoms with Crippen LogP contribution in [-0.2, 0) is 0 Å². The van der Waals surface area contributed by atoms with Crippen molar-refractivity contribution in [2.75, 3.05) is 35.9 Å². The molecule has 0 spiro atoms. The Morgan fingerprint density at radius 2 is 2.00 bits per heavy atom. The van der Waals surface area contributed by atoms with Crippen LogP contribution in [0.15, 0.2) is 0 Å². The first-order valence-corrected chi connectivity index (χ1v) is 7.27. The Morgan fingerprint density at radius 3 is 2.67 bits per heavy atom. The van der Waals surface area contributed by atoms with E-state index in [2.05, 4.69) is 32.0 Å². The van der Waals surface area contributed by atoms with Crippen molar-refractivity contribution in [3.05, 3.63) is 0 Å². The lowest BCUT2D eigenvalue weighted by Crippen LogP contribution is -2.15. The molecular formula is C10H20N6OS. The number of hydrazine groups is 1. The van der Waals surface area contributed by atoms with Gasteiger partial charge in [-0.05, 0) is 31.8 Å². The van der Waals surface area contributed by atoms with Gasteiger partial charge in [0.05, 0.1) is 6.61 Å². The second-order valence-electron chi connectivity index (χ2n) is 3.47. The lowest BCUT2D eigenvalue weighted by molar-refractivity contribution is 0.312. The van der Waals surface area contributed by atoms with Crippen LogP contribution in [0.1, 0.15) is 19.8 Å². The minimum atomic E-state index is 0.270. The van der Waals surface area contributed by atoms with Gasteiger partial charge in [-0.3, -0.25) is 5.43 Å². The topological polar surface area (TPSA) is 98.0 Å². The van der Waals surface area contributed by atoms with Gasteiger partial charge in [0.25, 0.3) is 0 Å². The van der Waals surface area contributed by atoms with Crippen LogP contribution in [0.4, 0.5) is 11.9 Å². The number of thioether (sulfide) groups is 1. The second kappa shape index (κ2) is 8.76. The van der Waals surface area contributed by atoms with Gasteiger partial charge in [-0.1, -0.05) is 0 Å². The summed E-state index contributed by atoms with van der Waals surface area (Å²) >= 11 is 1.85. The van der Waals surface area contributed by atoms with Gasteiger partial charge in [0, 0.05) is 6.54 Å². The molecule has 0 aliphatic heterocycles. The molecule has 7 nitrogen and oxygen atoms in total. The highest BCUT2D eigenvalue weighted by Gasteiger charge is 2.05. The SMILES string of the molecule is CCOc1nc(NN)nc(NCCCCSC)n1. The van der Waals surface area contributed by atoms with Crippen LogP contribution in [-0.4, -0.2) is 40.1 Å². The number of rotatable bonds is 9. The average Bonchev–Trinajstić information content (AvgIpc) is 2.38. The van der Waals surface area contributed by atoms with Crippen LogP contribution in [0.2, 0.25) is 0 Å². The third-order valence-electron chi connectivity index (χ3n) is 2.08. The number of nitrogens with zero attached hydrogens (tertiary/aromatic N) is 3. The lowest BCUT2D eigenvalue weighted by Gasteiger charge is -2.08. The molecule has 0 radical (unpaired) electrons. The summed E-state index contributed by atoms with van der Waals surface area (Å²) in [4.78, 5) is 12.2. The molecule has 18 heavy (non-hydrogen) atoms. The van der Waals surface area contributed by atoms with E-state index in [1.807, 2.05) is 18.7 Å². The zero-order chi connectivity index (χ0) is 13.2. The maximum atomic E-state index is 5.29. The Kier molecular flexibility index (Phi) is 7.19. The van der Waals surface area contributed by atoms with Gasteiger partial charge in [-0.25, -0.2) is 5.84 Å². The van der Waals surface area contributed by atoms with Crippen molar-refractivity contribution in [3.63, 3.8) is 0 Å². The zero-order valence-corrected chi connectivity index (χ0v) is 11.6. The van der Waals surface area contributed by atoms with E-state index in [1.165, 1.54) is 12.2 Å². The second-order valence-corrected chi connectivity index (χ2v) is 4.45. The monoisotopic (exact) mass is 272 g/mol. The summed E-state index contributed by atoms with van der Waals surface area (Å²) in [5.74, 6) is 7.22. The van der Waals surface area contributed by atoms with Gasteiger partial charge < -0.3 is 10.1 Å². The van der Waals surface area contributed by atoms with E-state index in [4.69, 9.17) is 10.6 Å². The number of nitrogens with one attached hydrogen (secondary N) is 2. The molecule has 0 aliphatic carbocycles. The van der Waals surface area contributed by atoms with E-state index in [0.717, 1.165) is 13.0 Å². The van der Waals surface area contributed by atoms with Crippen LogP contribution < -0.4 is 21.3 Å². The van der Waals surface area contributed by atoms with Crippen molar-refractivity contribution in [3.8, 4) is 6.01 Å². The fourth-order valence-electron chi connectivity index (χ4n) is 1.27. The summed E-state index contributed by atoms with van der Waals surface area (Å²) in [6.07, 6.45) is 4.34. The highest BCUT2D eigenvalue weighted by Crippen LogP contribution is 2.10. The molecule has 8 heteroatoms. The van der Waals surface area contributed by atoms with Gasteiger partial charge in [0.2, 0.25) is 11.9 Å². The van der Waals surface area contributed by atoms with Crippen molar-refractivity contribution >= 4 is 23.7 Å². The van der Waals surface area contributed by atoms with Gasteiger partial charge in [-0.15, -0.1) is 0 Å². The van der Waals surface area contributed by atoms with Gasteiger partial charge in [0.1, 0.15) is 0 Å². The number of unbranched alkanes of at least 4 members (excludes halogenated alkanes) is 1. The molecule has 0 unspecified atom stereocenters. The minimum Gasteiger partial charge on any atom is -0.464 e. The van der Waals surface area contributed by atoms with Gasteiger partial charge in [-0.2, -0.15) is 26.7 Å². The highest BCUT2D eigenvalue weighted by atomic mass is 32.2. The molecule has 0 saturated carbocycles. The maximum Gasteiger partial charge on any atom is 0.323 e. The zero-order valence-electron chi connectivity index (χ0n) is 10.8. The van der Waals surface area contributed by atoms with E-state index in [1.54, 1.807) is 0 Å². The lowest BCUT2D eigenvalue weighted by atomic mass is 10.3. The molecule has 4 N–H and O–H groups in total. The van der Waals surface area contributed by atoms with Crippen LogP contribution in [0.5, 0.6) is 6.01 Å². The number of anilines is 2. The Hall–Kier alpha value is -1.28. The van der Waals surface area contributed by atoms with Crippen LogP contribution in [0.25, 0.3) is 0 Å². The smallest absolute Gasteiger partial charge is 0.323 e. The summed E-state index contributed by atoms with van der Waals surface area (Å²) in [6.45, 7) is 3.19. The highest BCUT2D eigenvalue weighted by molar-refractivity contribution is 7.98. The molecule has 1 rings (SSSR count). The summed E-state index contributed by atoms with van der Waals surface area (Å²) in [7, 11) is 0. The minimum absolute atomic E-state index is 0.270. The van der Waals surface area contributed by atoms with Crippen LogP contribution in [0.3, 0.4) is 0 Å². The average molecular weight is 272 g/mol. The molecule has 0 atom stereocenters. The molecule has 0 aliphatic rings. The van der Waals surface area contributed by atoms with Gasteiger partial charge >= 0.3 is 6.01 Å². The molecule has 1 aromatic rings. The molecule has 0 saturated heterocycles. The van der Waals surface area contributed by atoms with Crippen molar-refractivity contribution in [2.45, 2.75) is 19.8 Å². The van der Waals surface area contributed by atoms with E-state index in [-0.39, 0.29) is 6.01 Å². The Labute approximate surface area is 111 Å². The molecule has 1 aromatic heterocycles. The predicted molar refractivity (Wildman–Crippen MR) is 74.9 cm³/mol. The first-order valence-electron chi connectivity index (χ1n) is 5.88.